The number of hydrogen-bond donors (Lipinski definition) is 3. The molecule has 0 saturated carbocycles. The minimum absolute atomic E-state index is 0.124. The van der Waals surface area contributed by atoms with E-state index in [1.807, 2.05) is 13.8 Å². The van der Waals surface area contributed by atoms with Crippen molar-refractivity contribution in [2.45, 2.75) is 32.7 Å². The standard InChI is InChI=1S/C28H31F3N8O/c1-18-4-5-21(12-26(18)39(33)15-25(32)24-14-35-37(3)19(24)2)27(40)36-23-11-20(6-8-38-9-7-34-17-38)10-22(13-23)28(30,31)16-29/h4-5,7,9-15,17H,6,8,16,32-33H2,1-3H3,(H,36,40)/b25-15-. The maximum atomic E-state index is 14.3. The fourth-order valence-electron chi connectivity index (χ4n) is 4.18. The Hall–Kier alpha value is -4.58. The fourth-order valence-corrected chi connectivity index (χ4v) is 4.18. The highest BCUT2D eigenvalue weighted by atomic mass is 19.3. The summed E-state index contributed by atoms with van der Waals surface area (Å²) in [6, 6.07) is 8.82. The number of amides is 1. The molecule has 0 fully saturated rings. The number of anilines is 2. The number of halogens is 3. The van der Waals surface area contributed by atoms with Crippen LogP contribution in [-0.2, 0) is 25.9 Å². The zero-order chi connectivity index (χ0) is 29.0. The number of hydrogen-bond acceptors (Lipinski definition) is 6. The highest BCUT2D eigenvalue weighted by Gasteiger charge is 2.32. The zero-order valence-corrected chi connectivity index (χ0v) is 22.4. The van der Waals surface area contributed by atoms with Gasteiger partial charge in [0.2, 0.25) is 0 Å². The number of alkyl halides is 3. The molecule has 0 aliphatic heterocycles. The monoisotopic (exact) mass is 552 g/mol. The predicted octanol–water partition coefficient (Wildman–Crippen LogP) is 4.43. The molecule has 4 aromatic rings. The molecule has 0 spiro atoms. The summed E-state index contributed by atoms with van der Waals surface area (Å²) >= 11 is 0. The number of aromatic nitrogens is 4. The number of hydrazine groups is 1. The Kier molecular flexibility index (Phi) is 8.29. The molecular formula is C28H31F3N8O. The van der Waals surface area contributed by atoms with Crippen LogP contribution in [-0.4, -0.2) is 31.9 Å². The Labute approximate surface area is 229 Å². The topological polar surface area (TPSA) is 120 Å². The Morgan fingerprint density at radius 1 is 1.20 bits per heavy atom. The minimum atomic E-state index is -3.69. The first-order valence-electron chi connectivity index (χ1n) is 12.4. The summed E-state index contributed by atoms with van der Waals surface area (Å²) in [5.41, 5.74) is 9.85. The van der Waals surface area contributed by atoms with Crippen molar-refractivity contribution in [3.05, 3.63) is 101 Å². The van der Waals surface area contributed by atoms with E-state index in [1.165, 1.54) is 17.3 Å². The maximum Gasteiger partial charge on any atom is 0.301 e. The molecule has 5 N–H and O–H groups in total. The van der Waals surface area contributed by atoms with Crippen LogP contribution >= 0.6 is 0 Å². The van der Waals surface area contributed by atoms with E-state index in [4.69, 9.17) is 11.6 Å². The molecule has 40 heavy (non-hydrogen) atoms. The van der Waals surface area contributed by atoms with Crippen molar-refractivity contribution in [3.8, 4) is 0 Å². The van der Waals surface area contributed by atoms with E-state index in [0.29, 0.717) is 29.9 Å². The van der Waals surface area contributed by atoms with Gasteiger partial charge >= 0.3 is 5.92 Å². The van der Waals surface area contributed by atoms with E-state index in [-0.39, 0.29) is 11.3 Å². The van der Waals surface area contributed by atoms with Crippen LogP contribution in [0.2, 0.25) is 0 Å². The van der Waals surface area contributed by atoms with Gasteiger partial charge in [-0.15, -0.1) is 0 Å². The van der Waals surface area contributed by atoms with Gasteiger partial charge in [-0.2, -0.15) is 13.9 Å². The van der Waals surface area contributed by atoms with E-state index < -0.39 is 24.1 Å². The van der Waals surface area contributed by atoms with Crippen molar-refractivity contribution >= 4 is 23.0 Å². The number of nitrogens with zero attached hydrogens (tertiary/aromatic N) is 5. The first kappa shape index (κ1) is 28.4. The molecule has 210 valence electrons. The quantitative estimate of drug-likeness (QED) is 0.198. The highest BCUT2D eigenvalue weighted by Crippen LogP contribution is 2.32. The summed E-state index contributed by atoms with van der Waals surface area (Å²) in [5, 5.41) is 8.16. The second-order valence-corrected chi connectivity index (χ2v) is 9.52. The third-order valence-electron chi connectivity index (χ3n) is 6.63. The van der Waals surface area contributed by atoms with Gasteiger partial charge in [0, 0.05) is 60.3 Å². The summed E-state index contributed by atoms with van der Waals surface area (Å²) in [6.07, 6.45) is 8.51. The smallest absolute Gasteiger partial charge is 0.301 e. The molecular weight excluding hydrogens is 521 g/mol. The molecule has 2 aromatic heterocycles. The summed E-state index contributed by atoms with van der Waals surface area (Å²) in [7, 11) is 1.80. The lowest BCUT2D eigenvalue weighted by Gasteiger charge is -2.19. The average molecular weight is 553 g/mol. The summed E-state index contributed by atoms with van der Waals surface area (Å²) < 4.78 is 45.3. The third-order valence-corrected chi connectivity index (χ3v) is 6.63. The number of nitrogens with one attached hydrogen (secondary N) is 1. The molecule has 2 aromatic carbocycles. The van der Waals surface area contributed by atoms with Gasteiger partial charge in [-0.25, -0.2) is 15.2 Å². The number of rotatable bonds is 10. The Morgan fingerprint density at radius 2 is 1.98 bits per heavy atom. The third kappa shape index (κ3) is 6.34. The van der Waals surface area contributed by atoms with E-state index >= 15 is 0 Å². The van der Waals surface area contributed by atoms with Gasteiger partial charge in [-0.05, 0) is 61.7 Å². The van der Waals surface area contributed by atoms with Gasteiger partial charge in [0.05, 0.1) is 23.9 Å². The molecule has 2 heterocycles. The molecule has 0 bridgehead atoms. The van der Waals surface area contributed by atoms with Gasteiger partial charge in [-0.1, -0.05) is 6.07 Å². The number of benzene rings is 2. The highest BCUT2D eigenvalue weighted by molar-refractivity contribution is 6.05. The van der Waals surface area contributed by atoms with Crippen LogP contribution in [0.4, 0.5) is 24.5 Å². The molecule has 0 radical (unpaired) electrons. The first-order valence-corrected chi connectivity index (χ1v) is 12.4. The van der Waals surface area contributed by atoms with Crippen LogP contribution in [0.25, 0.3) is 5.70 Å². The second-order valence-electron chi connectivity index (χ2n) is 9.52. The number of carbonyl (C=O) groups excluding carboxylic acids is 1. The largest absolute Gasteiger partial charge is 0.397 e. The SMILES string of the molecule is Cc1ccc(C(=O)Nc2cc(CCn3ccnc3)cc(C(F)(F)CF)c2)cc1N(N)/C=C(\N)c1cnn(C)c1C. The number of imidazole rings is 1. The summed E-state index contributed by atoms with van der Waals surface area (Å²) in [4.78, 5) is 17.1. The van der Waals surface area contributed by atoms with Crippen LogP contribution in [0, 0.1) is 13.8 Å². The molecule has 0 atom stereocenters. The van der Waals surface area contributed by atoms with Crippen molar-refractivity contribution in [2.24, 2.45) is 18.6 Å². The van der Waals surface area contributed by atoms with Crippen molar-refractivity contribution in [1.29, 1.82) is 0 Å². The minimum Gasteiger partial charge on any atom is -0.397 e. The molecule has 4 rings (SSSR count). The molecule has 0 aliphatic carbocycles. The molecule has 0 unspecified atom stereocenters. The van der Waals surface area contributed by atoms with E-state index in [0.717, 1.165) is 22.9 Å². The number of nitrogens with two attached hydrogens (primary N) is 2. The van der Waals surface area contributed by atoms with Crippen LogP contribution < -0.4 is 21.9 Å². The number of aryl methyl sites for hydroxylation is 4. The van der Waals surface area contributed by atoms with Gasteiger partial charge in [0.1, 0.15) is 0 Å². The molecule has 12 heteroatoms. The lowest BCUT2D eigenvalue weighted by atomic mass is 10.0. The van der Waals surface area contributed by atoms with Crippen LogP contribution in [0.15, 0.2) is 67.5 Å². The second kappa shape index (κ2) is 11.7. The molecule has 9 nitrogen and oxygen atoms in total. The summed E-state index contributed by atoms with van der Waals surface area (Å²) in [5.74, 6) is 2.04. The van der Waals surface area contributed by atoms with Crippen molar-refractivity contribution < 1.29 is 18.0 Å². The van der Waals surface area contributed by atoms with Crippen molar-refractivity contribution in [1.82, 2.24) is 19.3 Å². The van der Waals surface area contributed by atoms with Crippen LogP contribution in [0.1, 0.15) is 38.3 Å². The molecule has 0 saturated heterocycles. The molecule has 1 amide bonds. The summed E-state index contributed by atoms with van der Waals surface area (Å²) in [6.45, 7) is 2.32. The van der Waals surface area contributed by atoms with E-state index in [1.54, 1.807) is 65.5 Å². The van der Waals surface area contributed by atoms with Crippen LogP contribution in [0.3, 0.4) is 0 Å². The molecule has 0 aliphatic rings. The normalized spacial score (nSPS) is 12.0. The Morgan fingerprint density at radius 3 is 2.62 bits per heavy atom. The number of carbonyl (C=O) groups is 1. The predicted molar refractivity (Wildman–Crippen MR) is 148 cm³/mol. The Balaban J connectivity index is 1.58. The fraction of sp³-hybridized carbons (Fsp3) is 0.250. The van der Waals surface area contributed by atoms with E-state index in [2.05, 4.69) is 15.4 Å². The van der Waals surface area contributed by atoms with Gasteiger partial charge in [-0.3, -0.25) is 14.5 Å². The maximum absolute atomic E-state index is 14.3. The van der Waals surface area contributed by atoms with Gasteiger partial charge in [0.25, 0.3) is 5.91 Å². The zero-order valence-electron chi connectivity index (χ0n) is 22.4. The van der Waals surface area contributed by atoms with Crippen molar-refractivity contribution in [3.63, 3.8) is 0 Å². The van der Waals surface area contributed by atoms with Crippen molar-refractivity contribution in [2.75, 3.05) is 17.0 Å². The first-order chi connectivity index (χ1) is 19.0. The van der Waals surface area contributed by atoms with E-state index in [9.17, 15) is 18.0 Å². The lowest BCUT2D eigenvalue weighted by Crippen LogP contribution is -2.27. The van der Waals surface area contributed by atoms with Gasteiger partial charge < -0.3 is 15.6 Å². The van der Waals surface area contributed by atoms with Crippen LogP contribution in [0.5, 0.6) is 0 Å². The van der Waals surface area contributed by atoms with Gasteiger partial charge in [0.15, 0.2) is 6.67 Å². The lowest BCUT2D eigenvalue weighted by molar-refractivity contribution is -0.0281. The average Bonchev–Trinajstić information content (AvgIpc) is 3.57. The Bertz CT molecular complexity index is 1530.